The largest absolute Gasteiger partial charge is 0.456 e. The molecule has 1 aliphatic rings. The normalized spacial score (nSPS) is 14.0. The molecule has 0 aliphatic carbocycles. The molecule has 0 bridgehead atoms. The van der Waals surface area contributed by atoms with E-state index in [2.05, 4.69) is 0 Å². The number of rotatable bonds is 6. The van der Waals surface area contributed by atoms with Gasteiger partial charge in [0, 0.05) is 30.1 Å². The molecule has 2 rings (SSSR count). The van der Waals surface area contributed by atoms with Crippen molar-refractivity contribution in [3.8, 4) is 0 Å². The predicted molar refractivity (Wildman–Crippen MR) is 81.8 cm³/mol. The summed E-state index contributed by atoms with van der Waals surface area (Å²) >= 11 is 5.75. The third-order valence-corrected chi connectivity index (χ3v) is 3.79. The Hall–Kier alpha value is -1.88. The Labute approximate surface area is 134 Å². The zero-order chi connectivity index (χ0) is 15.9. The lowest BCUT2D eigenvalue weighted by Gasteiger charge is -2.14. The summed E-state index contributed by atoms with van der Waals surface area (Å²) in [6.07, 6.45) is 2.01. The van der Waals surface area contributed by atoms with Crippen molar-refractivity contribution in [1.29, 1.82) is 0 Å². The third-order valence-electron chi connectivity index (χ3n) is 3.54. The quantitative estimate of drug-likeness (QED) is 0.596. The minimum absolute atomic E-state index is 0.0330. The van der Waals surface area contributed by atoms with Crippen molar-refractivity contribution in [1.82, 2.24) is 4.90 Å². The number of nitrogens with zero attached hydrogens (tertiary/aromatic N) is 1. The highest BCUT2D eigenvalue weighted by Crippen LogP contribution is 2.12. The molecular weight excluding hydrogens is 306 g/mol. The van der Waals surface area contributed by atoms with Crippen molar-refractivity contribution in [2.24, 2.45) is 0 Å². The van der Waals surface area contributed by atoms with Crippen LogP contribution in [0.15, 0.2) is 24.3 Å². The fraction of sp³-hybridized carbons (Fsp3) is 0.438. The van der Waals surface area contributed by atoms with Crippen LogP contribution >= 0.6 is 11.6 Å². The Balaban J connectivity index is 1.69. The minimum Gasteiger partial charge on any atom is -0.456 e. The van der Waals surface area contributed by atoms with Crippen LogP contribution in [-0.4, -0.2) is 42.3 Å². The van der Waals surface area contributed by atoms with Gasteiger partial charge in [0.15, 0.2) is 12.4 Å². The maximum absolute atomic E-state index is 11.9. The van der Waals surface area contributed by atoms with Crippen LogP contribution in [0.3, 0.4) is 0 Å². The molecule has 1 aliphatic heterocycles. The number of Topliss-reactive ketones (excluding diaryl/α,β-unsaturated/α-hetero) is 1. The van der Waals surface area contributed by atoms with Gasteiger partial charge >= 0.3 is 5.97 Å². The third kappa shape index (κ3) is 4.84. The van der Waals surface area contributed by atoms with Crippen LogP contribution in [-0.2, 0) is 14.3 Å². The Morgan fingerprint density at radius 2 is 1.68 bits per heavy atom. The van der Waals surface area contributed by atoms with Crippen LogP contribution in [0.4, 0.5) is 0 Å². The summed E-state index contributed by atoms with van der Waals surface area (Å²) in [5, 5.41) is 0.552. The highest BCUT2D eigenvalue weighted by atomic mass is 35.5. The van der Waals surface area contributed by atoms with E-state index in [1.54, 1.807) is 29.2 Å². The maximum atomic E-state index is 11.9. The number of likely N-dealkylation sites (tertiary alicyclic amines) is 1. The summed E-state index contributed by atoms with van der Waals surface area (Å²) in [6, 6.07) is 6.49. The van der Waals surface area contributed by atoms with Crippen LogP contribution in [0.2, 0.25) is 5.02 Å². The monoisotopic (exact) mass is 323 g/mol. The number of ether oxygens (including phenoxy) is 1. The molecule has 0 N–H and O–H groups in total. The molecule has 1 heterocycles. The summed E-state index contributed by atoms with van der Waals surface area (Å²) in [5.74, 6) is -0.857. The van der Waals surface area contributed by atoms with Crippen LogP contribution in [0.1, 0.15) is 36.0 Å². The number of halogens is 1. The lowest BCUT2D eigenvalue weighted by Crippen LogP contribution is -2.32. The Morgan fingerprint density at radius 1 is 1.05 bits per heavy atom. The van der Waals surface area contributed by atoms with Crippen LogP contribution in [0.25, 0.3) is 0 Å². The molecule has 0 radical (unpaired) electrons. The zero-order valence-corrected chi connectivity index (χ0v) is 13.0. The van der Waals surface area contributed by atoms with E-state index in [-0.39, 0.29) is 31.1 Å². The van der Waals surface area contributed by atoms with Crippen molar-refractivity contribution in [2.75, 3.05) is 19.7 Å². The van der Waals surface area contributed by atoms with E-state index in [0.717, 1.165) is 25.9 Å². The van der Waals surface area contributed by atoms with Crippen molar-refractivity contribution < 1.29 is 19.1 Å². The number of esters is 1. The van der Waals surface area contributed by atoms with Gasteiger partial charge < -0.3 is 9.64 Å². The maximum Gasteiger partial charge on any atom is 0.306 e. The number of ketones is 1. The van der Waals surface area contributed by atoms with Crippen LogP contribution in [0, 0.1) is 0 Å². The molecule has 1 saturated heterocycles. The van der Waals surface area contributed by atoms with Crippen molar-refractivity contribution in [3.05, 3.63) is 34.9 Å². The minimum atomic E-state index is -0.533. The molecule has 1 fully saturated rings. The Morgan fingerprint density at radius 3 is 2.32 bits per heavy atom. The standard InChI is InChI=1S/C16H18ClNO4/c17-13-5-3-12(4-6-13)14(19)7-8-16(21)22-11-15(20)18-9-1-2-10-18/h3-6H,1-2,7-11H2. The second kappa shape index (κ2) is 7.94. The average Bonchev–Trinajstić information content (AvgIpc) is 3.05. The van der Waals surface area contributed by atoms with Crippen LogP contribution in [0.5, 0.6) is 0 Å². The lowest BCUT2D eigenvalue weighted by molar-refractivity contribution is -0.151. The number of carbonyl (C=O) groups excluding carboxylic acids is 3. The van der Waals surface area contributed by atoms with Gasteiger partial charge in [-0.05, 0) is 37.1 Å². The van der Waals surface area contributed by atoms with Gasteiger partial charge in [-0.1, -0.05) is 11.6 Å². The molecule has 1 amide bonds. The average molecular weight is 324 g/mol. The fourth-order valence-corrected chi connectivity index (χ4v) is 2.39. The number of hydrogen-bond donors (Lipinski definition) is 0. The number of carbonyl (C=O) groups is 3. The molecule has 0 unspecified atom stereocenters. The van der Waals surface area contributed by atoms with Gasteiger partial charge in [-0.2, -0.15) is 0 Å². The first-order valence-corrected chi connectivity index (χ1v) is 7.66. The molecule has 118 valence electrons. The van der Waals surface area contributed by atoms with Gasteiger partial charge in [0.2, 0.25) is 0 Å². The topological polar surface area (TPSA) is 63.7 Å². The Kier molecular flexibility index (Phi) is 5.95. The Bertz CT molecular complexity index is 550. The van der Waals surface area contributed by atoms with Gasteiger partial charge in [-0.25, -0.2) is 0 Å². The zero-order valence-electron chi connectivity index (χ0n) is 12.2. The molecule has 1 aromatic rings. The van der Waals surface area contributed by atoms with Gasteiger partial charge in [-0.15, -0.1) is 0 Å². The highest BCUT2D eigenvalue weighted by Gasteiger charge is 2.19. The van der Waals surface area contributed by atoms with Gasteiger partial charge in [-0.3, -0.25) is 14.4 Å². The second-order valence-electron chi connectivity index (χ2n) is 5.18. The molecule has 6 heteroatoms. The summed E-state index contributed by atoms with van der Waals surface area (Å²) in [7, 11) is 0. The highest BCUT2D eigenvalue weighted by molar-refractivity contribution is 6.30. The second-order valence-corrected chi connectivity index (χ2v) is 5.62. The fourth-order valence-electron chi connectivity index (χ4n) is 2.27. The first-order valence-electron chi connectivity index (χ1n) is 7.28. The van der Waals surface area contributed by atoms with Crippen LogP contribution < -0.4 is 0 Å². The van der Waals surface area contributed by atoms with E-state index in [4.69, 9.17) is 16.3 Å². The predicted octanol–water partition coefficient (Wildman–Crippen LogP) is 2.47. The summed E-state index contributed by atoms with van der Waals surface area (Å²) in [5.41, 5.74) is 0.505. The van der Waals surface area contributed by atoms with E-state index < -0.39 is 5.97 Å². The van der Waals surface area contributed by atoms with Crippen molar-refractivity contribution in [3.63, 3.8) is 0 Å². The van der Waals surface area contributed by atoms with Gasteiger partial charge in [0.05, 0.1) is 6.42 Å². The van der Waals surface area contributed by atoms with Gasteiger partial charge in [0.1, 0.15) is 0 Å². The lowest BCUT2D eigenvalue weighted by atomic mass is 10.1. The van der Waals surface area contributed by atoms with Crippen molar-refractivity contribution in [2.45, 2.75) is 25.7 Å². The molecule has 0 aromatic heterocycles. The summed E-state index contributed by atoms with van der Waals surface area (Å²) < 4.78 is 4.92. The smallest absolute Gasteiger partial charge is 0.306 e. The SMILES string of the molecule is O=C(CCC(=O)c1ccc(Cl)cc1)OCC(=O)N1CCCC1. The molecular formula is C16H18ClNO4. The molecule has 0 atom stereocenters. The molecule has 1 aromatic carbocycles. The van der Waals surface area contributed by atoms with E-state index >= 15 is 0 Å². The molecule has 22 heavy (non-hydrogen) atoms. The van der Waals surface area contributed by atoms with Crippen molar-refractivity contribution >= 4 is 29.3 Å². The first-order chi connectivity index (χ1) is 10.6. The molecule has 0 spiro atoms. The number of hydrogen-bond acceptors (Lipinski definition) is 4. The summed E-state index contributed by atoms with van der Waals surface area (Å²) in [6.45, 7) is 1.21. The molecule has 5 nitrogen and oxygen atoms in total. The van der Waals surface area contributed by atoms with E-state index in [9.17, 15) is 14.4 Å². The summed E-state index contributed by atoms with van der Waals surface area (Å²) in [4.78, 5) is 36.9. The van der Waals surface area contributed by atoms with E-state index in [1.807, 2.05) is 0 Å². The number of amides is 1. The molecule has 0 saturated carbocycles. The van der Waals surface area contributed by atoms with E-state index in [0.29, 0.717) is 10.6 Å². The van der Waals surface area contributed by atoms with Gasteiger partial charge in [0.25, 0.3) is 5.91 Å². The number of benzene rings is 1. The first kappa shape index (κ1) is 16.5. The van der Waals surface area contributed by atoms with E-state index in [1.165, 1.54) is 0 Å².